The first-order valence-corrected chi connectivity index (χ1v) is 7.48. The van der Waals surface area contributed by atoms with Gasteiger partial charge in [0.1, 0.15) is 0 Å². The molecule has 0 amide bonds. The van der Waals surface area contributed by atoms with Gasteiger partial charge in [0.05, 0.1) is 5.69 Å². The molecule has 100 valence electrons. The molecule has 1 aliphatic rings. The van der Waals surface area contributed by atoms with Gasteiger partial charge in [0.25, 0.3) is 10.0 Å². The number of hydrazine groups is 1. The van der Waals surface area contributed by atoms with E-state index in [-0.39, 0.29) is 11.1 Å². The van der Waals surface area contributed by atoms with Crippen LogP contribution < -0.4 is 11.3 Å². The zero-order valence-electron chi connectivity index (χ0n) is 10.3. The number of nitrogens with one attached hydrogen (secondary N) is 1. The van der Waals surface area contributed by atoms with E-state index in [4.69, 9.17) is 5.84 Å². The van der Waals surface area contributed by atoms with Gasteiger partial charge >= 0.3 is 0 Å². The molecule has 1 aliphatic heterocycles. The minimum absolute atomic E-state index is 0.00727. The molecule has 1 aromatic heterocycles. The summed E-state index contributed by atoms with van der Waals surface area (Å²) in [5.74, 6) is 5.34. The van der Waals surface area contributed by atoms with Gasteiger partial charge in [0.15, 0.2) is 5.03 Å². The van der Waals surface area contributed by atoms with Crippen molar-refractivity contribution in [2.45, 2.75) is 37.3 Å². The number of nitrogens with two attached hydrogens (primary N) is 1. The van der Waals surface area contributed by atoms with Crippen LogP contribution in [0.2, 0.25) is 0 Å². The van der Waals surface area contributed by atoms with Crippen molar-refractivity contribution in [2.75, 3.05) is 12.0 Å². The van der Waals surface area contributed by atoms with E-state index in [0.29, 0.717) is 12.2 Å². The number of pyridine rings is 1. The highest BCUT2D eigenvalue weighted by Gasteiger charge is 2.36. The highest BCUT2D eigenvalue weighted by atomic mass is 32.2. The Morgan fingerprint density at radius 2 is 2.39 bits per heavy atom. The smallest absolute Gasteiger partial charge is 0.262 e. The van der Waals surface area contributed by atoms with Crippen molar-refractivity contribution in [2.24, 2.45) is 5.84 Å². The van der Waals surface area contributed by atoms with Crippen molar-refractivity contribution in [1.29, 1.82) is 0 Å². The molecule has 1 aromatic rings. The van der Waals surface area contributed by atoms with Gasteiger partial charge in [0, 0.05) is 18.8 Å². The fourth-order valence-electron chi connectivity index (χ4n) is 2.35. The molecule has 0 aromatic carbocycles. The van der Waals surface area contributed by atoms with Gasteiger partial charge in [-0.1, -0.05) is 6.92 Å². The molecule has 3 N–H and O–H groups in total. The van der Waals surface area contributed by atoms with E-state index in [1.165, 1.54) is 10.5 Å². The van der Waals surface area contributed by atoms with Crippen molar-refractivity contribution in [3.8, 4) is 0 Å². The summed E-state index contributed by atoms with van der Waals surface area (Å²) >= 11 is 0. The number of aromatic nitrogens is 1. The highest BCUT2D eigenvalue weighted by molar-refractivity contribution is 7.89. The summed E-state index contributed by atoms with van der Waals surface area (Å²) in [5.41, 5.74) is 2.72. The molecule has 1 saturated heterocycles. The van der Waals surface area contributed by atoms with Crippen LogP contribution in [0.3, 0.4) is 0 Å². The average molecular weight is 270 g/mol. The number of hydrogen-bond donors (Lipinski definition) is 2. The van der Waals surface area contributed by atoms with Gasteiger partial charge in [-0.05, 0) is 31.4 Å². The van der Waals surface area contributed by atoms with Gasteiger partial charge in [-0.2, -0.15) is 4.31 Å². The summed E-state index contributed by atoms with van der Waals surface area (Å²) in [4.78, 5) is 3.96. The lowest BCUT2D eigenvalue weighted by atomic mass is 10.2. The SMILES string of the molecule is CCC1CCCN1S(=O)(=O)c1ncccc1NN. The number of sulfonamides is 1. The molecule has 2 heterocycles. The normalized spacial score (nSPS) is 21.1. The fraction of sp³-hybridized carbons (Fsp3) is 0.545. The van der Waals surface area contributed by atoms with Crippen LogP contribution in [0.5, 0.6) is 0 Å². The minimum Gasteiger partial charge on any atom is -0.321 e. The Hall–Kier alpha value is -1.18. The van der Waals surface area contributed by atoms with Gasteiger partial charge < -0.3 is 5.43 Å². The molecule has 0 spiro atoms. The molecule has 0 radical (unpaired) electrons. The Balaban J connectivity index is 2.42. The lowest BCUT2D eigenvalue weighted by Crippen LogP contribution is -2.36. The fourth-order valence-corrected chi connectivity index (χ4v) is 4.19. The Morgan fingerprint density at radius 1 is 1.61 bits per heavy atom. The third-order valence-corrected chi connectivity index (χ3v) is 5.19. The summed E-state index contributed by atoms with van der Waals surface area (Å²) in [6, 6.07) is 3.33. The van der Waals surface area contributed by atoms with Crippen LogP contribution in [-0.4, -0.2) is 30.3 Å². The molecule has 0 aliphatic carbocycles. The maximum atomic E-state index is 12.6. The molecule has 0 saturated carbocycles. The van der Waals surface area contributed by atoms with Crippen LogP contribution in [0.4, 0.5) is 5.69 Å². The lowest BCUT2D eigenvalue weighted by molar-refractivity contribution is 0.378. The monoisotopic (exact) mass is 270 g/mol. The number of anilines is 1. The first-order chi connectivity index (χ1) is 8.61. The Bertz CT molecular complexity index is 518. The largest absolute Gasteiger partial charge is 0.321 e. The van der Waals surface area contributed by atoms with Crippen LogP contribution in [0.15, 0.2) is 23.4 Å². The number of hydrogen-bond acceptors (Lipinski definition) is 5. The maximum Gasteiger partial charge on any atom is 0.262 e. The summed E-state index contributed by atoms with van der Waals surface area (Å²) in [7, 11) is -3.56. The van der Waals surface area contributed by atoms with Gasteiger partial charge in [-0.15, -0.1) is 0 Å². The van der Waals surface area contributed by atoms with Crippen molar-refractivity contribution >= 4 is 15.7 Å². The van der Waals surface area contributed by atoms with E-state index in [0.717, 1.165) is 19.3 Å². The molecule has 7 heteroatoms. The van der Waals surface area contributed by atoms with Crippen LogP contribution in [0, 0.1) is 0 Å². The highest BCUT2D eigenvalue weighted by Crippen LogP contribution is 2.29. The molecule has 1 atom stereocenters. The second-order valence-electron chi connectivity index (χ2n) is 4.32. The van der Waals surface area contributed by atoms with Crippen LogP contribution >= 0.6 is 0 Å². The van der Waals surface area contributed by atoms with Crippen LogP contribution in [0.1, 0.15) is 26.2 Å². The van der Waals surface area contributed by atoms with E-state index < -0.39 is 10.0 Å². The zero-order chi connectivity index (χ0) is 13.2. The molecule has 1 unspecified atom stereocenters. The van der Waals surface area contributed by atoms with Crippen LogP contribution in [-0.2, 0) is 10.0 Å². The minimum atomic E-state index is -3.56. The number of nitrogens with zero attached hydrogens (tertiary/aromatic N) is 2. The molecule has 6 nitrogen and oxygen atoms in total. The van der Waals surface area contributed by atoms with E-state index in [9.17, 15) is 8.42 Å². The first-order valence-electron chi connectivity index (χ1n) is 6.04. The molecule has 1 fully saturated rings. The molecule has 18 heavy (non-hydrogen) atoms. The Kier molecular flexibility index (Phi) is 3.84. The number of rotatable bonds is 4. The van der Waals surface area contributed by atoms with Crippen molar-refractivity contribution < 1.29 is 8.42 Å². The van der Waals surface area contributed by atoms with Gasteiger partial charge in [-0.3, -0.25) is 5.84 Å². The van der Waals surface area contributed by atoms with Crippen molar-refractivity contribution in [1.82, 2.24) is 9.29 Å². The molecular weight excluding hydrogens is 252 g/mol. The topological polar surface area (TPSA) is 88.3 Å². The molecular formula is C11H18N4O2S. The third-order valence-electron chi connectivity index (χ3n) is 3.27. The molecule has 0 bridgehead atoms. The molecule has 2 rings (SSSR count). The Morgan fingerprint density at radius 3 is 3.06 bits per heavy atom. The third kappa shape index (κ3) is 2.21. The van der Waals surface area contributed by atoms with E-state index in [2.05, 4.69) is 10.4 Å². The zero-order valence-corrected chi connectivity index (χ0v) is 11.2. The lowest BCUT2D eigenvalue weighted by Gasteiger charge is -2.23. The predicted molar refractivity (Wildman–Crippen MR) is 69.3 cm³/mol. The van der Waals surface area contributed by atoms with Gasteiger partial charge in [0.2, 0.25) is 0 Å². The summed E-state index contributed by atoms with van der Waals surface area (Å²) < 4.78 is 26.6. The Labute approximate surface area is 107 Å². The van der Waals surface area contributed by atoms with Crippen LogP contribution in [0.25, 0.3) is 0 Å². The quantitative estimate of drug-likeness (QED) is 0.627. The predicted octanol–water partition coefficient (Wildman–Crippen LogP) is 0.930. The van der Waals surface area contributed by atoms with E-state index >= 15 is 0 Å². The van der Waals surface area contributed by atoms with Crippen molar-refractivity contribution in [3.63, 3.8) is 0 Å². The number of nitrogen functional groups attached to an aromatic ring is 1. The summed E-state index contributed by atoms with van der Waals surface area (Å²) in [6.45, 7) is 2.56. The standard InChI is InChI=1S/C11H18N4O2S/c1-2-9-5-4-8-15(9)18(16,17)11-10(14-12)6-3-7-13-11/h3,6-7,9,14H,2,4-5,8,12H2,1H3. The maximum absolute atomic E-state index is 12.6. The second-order valence-corrected chi connectivity index (χ2v) is 6.13. The van der Waals surface area contributed by atoms with Gasteiger partial charge in [-0.25, -0.2) is 13.4 Å². The van der Waals surface area contributed by atoms with Crippen molar-refractivity contribution in [3.05, 3.63) is 18.3 Å². The first kappa shape index (κ1) is 13.3. The van der Waals surface area contributed by atoms with E-state index in [1.807, 2.05) is 6.92 Å². The summed E-state index contributed by atoms with van der Waals surface area (Å²) in [5, 5.41) is 0.00727. The second kappa shape index (κ2) is 5.21. The average Bonchev–Trinajstić information content (AvgIpc) is 2.87. The van der Waals surface area contributed by atoms with E-state index in [1.54, 1.807) is 12.1 Å². The summed E-state index contributed by atoms with van der Waals surface area (Å²) in [6.07, 6.45) is 4.09.